The average Bonchev–Trinajstić information content (AvgIpc) is 3.25. The molecule has 1 aliphatic heterocycles. The molecule has 2 heterocycles. The van der Waals surface area contributed by atoms with Crippen molar-refractivity contribution in [3.8, 4) is 5.75 Å². The van der Waals surface area contributed by atoms with Gasteiger partial charge in [-0.2, -0.15) is 0 Å². The number of ether oxygens (including phenoxy) is 2. The van der Waals surface area contributed by atoms with E-state index in [9.17, 15) is 9.50 Å². The lowest BCUT2D eigenvalue weighted by Gasteiger charge is -2.12. The molecule has 1 aliphatic rings. The molecular weight excluding hydrogens is 483 g/mol. The summed E-state index contributed by atoms with van der Waals surface area (Å²) < 4.78 is 24.8. The largest absolute Gasteiger partial charge is 0.487 e. The van der Waals surface area contributed by atoms with E-state index >= 15 is 0 Å². The number of aliphatic hydroxyl groups is 1. The fraction of sp³-hybridized carbons (Fsp3) is 0.222. The normalized spacial score (nSPS) is 17.1. The number of nitrogens with zero attached hydrogens (tertiary/aromatic N) is 3. The third-order valence-corrected chi connectivity index (χ3v) is 6.11. The molecule has 0 aliphatic carbocycles. The molecule has 36 heavy (non-hydrogen) atoms. The molecule has 0 amide bonds. The van der Waals surface area contributed by atoms with Gasteiger partial charge in [0.1, 0.15) is 42.5 Å². The van der Waals surface area contributed by atoms with Crippen molar-refractivity contribution in [1.29, 1.82) is 0 Å². The Labute approximate surface area is 212 Å². The van der Waals surface area contributed by atoms with E-state index in [-0.39, 0.29) is 19.0 Å². The molecule has 0 saturated carbocycles. The van der Waals surface area contributed by atoms with Crippen molar-refractivity contribution in [2.45, 2.75) is 25.5 Å². The van der Waals surface area contributed by atoms with Gasteiger partial charge in [-0.05, 0) is 60.5 Å². The van der Waals surface area contributed by atoms with Crippen molar-refractivity contribution in [3.63, 3.8) is 0 Å². The van der Waals surface area contributed by atoms with Crippen LogP contribution in [0.5, 0.6) is 5.75 Å². The topological polar surface area (TPSA) is 88.9 Å². The van der Waals surface area contributed by atoms with Crippen LogP contribution < -0.4 is 10.1 Å². The van der Waals surface area contributed by atoms with Crippen LogP contribution in [0.1, 0.15) is 18.1 Å². The predicted molar refractivity (Wildman–Crippen MR) is 138 cm³/mol. The summed E-state index contributed by atoms with van der Waals surface area (Å²) in [5.74, 6) is 1.40. The second-order valence-corrected chi connectivity index (χ2v) is 9.30. The maximum Gasteiger partial charge on any atom is 0.188 e. The Bertz CT molecular complexity index is 1450. The minimum Gasteiger partial charge on any atom is -0.487 e. The predicted octanol–water partition coefficient (Wildman–Crippen LogP) is 5.47. The van der Waals surface area contributed by atoms with E-state index in [0.29, 0.717) is 41.1 Å². The molecule has 9 heteroatoms. The number of benzene rings is 3. The summed E-state index contributed by atoms with van der Waals surface area (Å²) in [6.07, 6.45) is 2.00. The number of hydrogen-bond donors (Lipinski definition) is 2. The zero-order valence-electron chi connectivity index (χ0n) is 19.5. The Morgan fingerprint density at radius 2 is 2.00 bits per heavy atom. The fourth-order valence-corrected chi connectivity index (χ4v) is 4.12. The number of anilines is 2. The number of aliphatic hydroxyl groups excluding tert-OH is 1. The summed E-state index contributed by atoms with van der Waals surface area (Å²) in [6.45, 7) is 2.37. The van der Waals surface area contributed by atoms with Crippen LogP contribution in [0.25, 0.3) is 10.9 Å². The maximum absolute atomic E-state index is 13.4. The number of nitrogens with one attached hydrogen (secondary N) is 1. The van der Waals surface area contributed by atoms with Crippen molar-refractivity contribution >= 4 is 39.9 Å². The van der Waals surface area contributed by atoms with Gasteiger partial charge in [-0.3, -0.25) is 0 Å². The van der Waals surface area contributed by atoms with Crippen molar-refractivity contribution in [1.82, 2.24) is 9.97 Å². The Morgan fingerprint density at radius 3 is 2.78 bits per heavy atom. The third kappa shape index (κ3) is 5.40. The molecule has 7 nitrogen and oxygen atoms in total. The molecule has 0 spiro atoms. The smallest absolute Gasteiger partial charge is 0.188 e. The van der Waals surface area contributed by atoms with Gasteiger partial charge in [-0.25, -0.2) is 19.4 Å². The molecule has 0 saturated heterocycles. The van der Waals surface area contributed by atoms with Crippen LogP contribution in [0.4, 0.5) is 15.9 Å². The molecule has 1 unspecified atom stereocenters. The van der Waals surface area contributed by atoms with Gasteiger partial charge in [0.15, 0.2) is 5.90 Å². The molecule has 1 atom stereocenters. The molecule has 1 aromatic heterocycles. The molecule has 0 bridgehead atoms. The number of aliphatic imine (C=N–C) groups is 1. The quantitative estimate of drug-likeness (QED) is 0.329. The average molecular weight is 507 g/mol. The summed E-state index contributed by atoms with van der Waals surface area (Å²) in [4.78, 5) is 13.3. The number of hydrogen-bond acceptors (Lipinski definition) is 7. The second-order valence-electron chi connectivity index (χ2n) is 8.89. The summed E-state index contributed by atoms with van der Waals surface area (Å²) in [5, 5.41) is 14.1. The summed E-state index contributed by atoms with van der Waals surface area (Å²) >= 11 is 6.45. The highest BCUT2D eigenvalue weighted by molar-refractivity contribution is 6.32. The van der Waals surface area contributed by atoms with Crippen LogP contribution in [0, 0.1) is 5.82 Å². The Balaban J connectivity index is 1.33. The lowest BCUT2D eigenvalue weighted by molar-refractivity contribution is 0.169. The minimum atomic E-state index is -0.589. The minimum absolute atomic E-state index is 0.0622. The van der Waals surface area contributed by atoms with E-state index in [2.05, 4.69) is 20.3 Å². The molecule has 2 N–H and O–H groups in total. The van der Waals surface area contributed by atoms with Gasteiger partial charge < -0.3 is 19.9 Å². The van der Waals surface area contributed by atoms with Crippen LogP contribution >= 0.6 is 11.6 Å². The van der Waals surface area contributed by atoms with Gasteiger partial charge in [0, 0.05) is 17.5 Å². The van der Waals surface area contributed by atoms with Gasteiger partial charge in [0.05, 0.1) is 17.1 Å². The van der Waals surface area contributed by atoms with E-state index in [4.69, 9.17) is 21.1 Å². The molecule has 4 aromatic rings. The van der Waals surface area contributed by atoms with Crippen molar-refractivity contribution < 1.29 is 19.0 Å². The summed E-state index contributed by atoms with van der Waals surface area (Å²) in [7, 11) is 0. The van der Waals surface area contributed by atoms with Gasteiger partial charge in [-0.1, -0.05) is 29.8 Å². The summed E-state index contributed by atoms with van der Waals surface area (Å²) in [5.41, 5.74) is 2.62. The summed E-state index contributed by atoms with van der Waals surface area (Å²) in [6, 6.07) is 17.5. The molecule has 184 valence electrons. The van der Waals surface area contributed by atoms with Crippen molar-refractivity contribution in [2.75, 3.05) is 18.5 Å². The molecular formula is C27H24ClFN4O3. The van der Waals surface area contributed by atoms with E-state index in [1.165, 1.54) is 18.5 Å². The standard InChI is InChI=1S/C27H24ClFN4O3/c1-27(14-34)15-36-25(33-27)11-17-5-7-23-21(10-17)26(31-16-30-23)32-20-6-8-24(22(28)12-20)35-13-18-3-2-4-19(29)9-18/h2-10,12,16,34H,11,13-15H2,1H3,(H,30,31,32). The van der Waals surface area contributed by atoms with E-state index in [1.54, 1.807) is 24.3 Å². The lowest BCUT2D eigenvalue weighted by Crippen LogP contribution is -2.28. The van der Waals surface area contributed by atoms with Crippen LogP contribution in [0.15, 0.2) is 72.0 Å². The first kappa shape index (κ1) is 24.0. The first-order valence-corrected chi connectivity index (χ1v) is 11.8. The van der Waals surface area contributed by atoms with E-state index in [1.807, 2.05) is 31.2 Å². The molecule has 5 rings (SSSR count). The zero-order chi connectivity index (χ0) is 25.1. The SMILES string of the molecule is CC1(CO)COC(Cc2ccc3ncnc(Nc4ccc(OCc5cccc(F)c5)c(Cl)c4)c3c2)=N1. The van der Waals surface area contributed by atoms with E-state index in [0.717, 1.165) is 22.2 Å². The molecule has 0 fully saturated rings. The number of aromatic nitrogens is 2. The van der Waals surface area contributed by atoms with Crippen LogP contribution in [0.2, 0.25) is 5.02 Å². The van der Waals surface area contributed by atoms with Crippen molar-refractivity contribution in [3.05, 3.63) is 89.0 Å². The Kier molecular flexibility index (Phi) is 6.71. The first-order chi connectivity index (χ1) is 17.4. The number of fused-ring (bicyclic) bond motifs is 1. The van der Waals surface area contributed by atoms with Crippen LogP contribution in [-0.2, 0) is 17.8 Å². The van der Waals surface area contributed by atoms with Gasteiger partial charge >= 0.3 is 0 Å². The number of rotatable bonds is 8. The highest BCUT2D eigenvalue weighted by Crippen LogP contribution is 2.31. The highest BCUT2D eigenvalue weighted by atomic mass is 35.5. The van der Waals surface area contributed by atoms with E-state index < -0.39 is 5.54 Å². The molecule has 0 radical (unpaired) electrons. The zero-order valence-corrected chi connectivity index (χ0v) is 20.3. The first-order valence-electron chi connectivity index (χ1n) is 11.4. The monoisotopic (exact) mass is 506 g/mol. The van der Waals surface area contributed by atoms with Crippen LogP contribution in [-0.4, -0.2) is 39.7 Å². The Morgan fingerprint density at radius 1 is 1.11 bits per heavy atom. The van der Waals surface area contributed by atoms with Gasteiger partial charge in [0.2, 0.25) is 0 Å². The third-order valence-electron chi connectivity index (χ3n) is 5.82. The Hall–Kier alpha value is -3.75. The lowest BCUT2D eigenvalue weighted by atomic mass is 10.1. The van der Waals surface area contributed by atoms with Crippen LogP contribution in [0.3, 0.4) is 0 Å². The van der Waals surface area contributed by atoms with Gasteiger partial charge in [-0.15, -0.1) is 0 Å². The fourth-order valence-electron chi connectivity index (χ4n) is 3.88. The number of halogens is 2. The molecule has 3 aromatic carbocycles. The van der Waals surface area contributed by atoms with Gasteiger partial charge in [0.25, 0.3) is 0 Å². The van der Waals surface area contributed by atoms with Crippen molar-refractivity contribution in [2.24, 2.45) is 4.99 Å². The highest BCUT2D eigenvalue weighted by Gasteiger charge is 2.30. The second kappa shape index (κ2) is 10.1. The maximum atomic E-state index is 13.4.